The molecule has 0 heterocycles. The van der Waals surface area contributed by atoms with Gasteiger partial charge in [0.25, 0.3) is 0 Å². The normalized spacial score (nSPS) is 69.7. The summed E-state index contributed by atoms with van der Waals surface area (Å²) >= 11 is 0. The zero-order chi connectivity index (χ0) is 7.80. The Bertz CT molecular complexity index is 258. The van der Waals surface area contributed by atoms with Crippen molar-refractivity contribution in [3.63, 3.8) is 0 Å². The smallest absolute Gasteiger partial charge is 0.0290 e. The monoisotopic (exact) mass is 146 g/mol. The van der Waals surface area contributed by atoms with Gasteiger partial charge in [-0.15, -0.1) is 12.3 Å². The Morgan fingerprint density at radius 3 is 2.64 bits per heavy atom. The molecule has 0 bridgehead atoms. The quantitative estimate of drug-likeness (QED) is 0.459. The van der Waals surface area contributed by atoms with E-state index in [1.165, 1.54) is 6.42 Å². The first-order valence-electron chi connectivity index (χ1n) is 4.67. The van der Waals surface area contributed by atoms with Gasteiger partial charge in [-0.3, -0.25) is 0 Å². The Morgan fingerprint density at radius 1 is 1.45 bits per heavy atom. The minimum atomic E-state index is 0.572. The fourth-order valence-electron chi connectivity index (χ4n) is 3.91. The first-order chi connectivity index (χ1) is 5.21. The van der Waals surface area contributed by atoms with Gasteiger partial charge in [0.2, 0.25) is 0 Å². The lowest BCUT2D eigenvalue weighted by Gasteiger charge is -2.15. The molecule has 0 saturated heterocycles. The van der Waals surface area contributed by atoms with E-state index >= 15 is 0 Å². The molecule has 0 aliphatic heterocycles. The Hall–Kier alpha value is -0.440. The maximum atomic E-state index is 5.57. The van der Waals surface area contributed by atoms with E-state index in [-0.39, 0.29) is 0 Å². The minimum absolute atomic E-state index is 0.572. The molecule has 3 fully saturated rings. The van der Waals surface area contributed by atoms with Crippen LogP contribution in [-0.2, 0) is 0 Å². The van der Waals surface area contributed by atoms with E-state index in [9.17, 15) is 0 Å². The second-order valence-corrected chi connectivity index (χ2v) is 4.89. The molecule has 0 N–H and O–H groups in total. The van der Waals surface area contributed by atoms with Crippen LogP contribution >= 0.6 is 0 Å². The Morgan fingerprint density at radius 2 is 2.18 bits per heavy atom. The van der Waals surface area contributed by atoms with Crippen LogP contribution in [0.2, 0.25) is 0 Å². The molecular weight excluding hydrogens is 132 g/mol. The highest BCUT2D eigenvalue weighted by atomic mass is 14.8. The summed E-state index contributed by atoms with van der Waals surface area (Å²) in [6, 6.07) is 0. The van der Waals surface area contributed by atoms with E-state index in [1.807, 2.05) is 0 Å². The lowest BCUT2D eigenvalue weighted by atomic mass is 9.87. The van der Waals surface area contributed by atoms with Crippen LogP contribution in [0.5, 0.6) is 0 Å². The molecule has 3 rings (SSSR count). The van der Waals surface area contributed by atoms with Crippen LogP contribution in [0, 0.1) is 47.3 Å². The molecule has 0 nitrogen and oxygen atoms in total. The molecule has 0 radical (unpaired) electrons. The maximum Gasteiger partial charge on any atom is 0.0290 e. The molecule has 6 atom stereocenters. The number of rotatable bonds is 0. The lowest BCUT2D eigenvalue weighted by molar-refractivity contribution is 0.369. The fraction of sp³-hybridized carbons (Fsp3) is 0.818. The van der Waals surface area contributed by atoms with Crippen molar-refractivity contribution in [1.29, 1.82) is 0 Å². The van der Waals surface area contributed by atoms with Crippen molar-refractivity contribution in [1.82, 2.24) is 0 Å². The van der Waals surface area contributed by atoms with Crippen LogP contribution in [0.1, 0.15) is 20.3 Å². The van der Waals surface area contributed by atoms with E-state index in [2.05, 4.69) is 19.8 Å². The SMILES string of the molecule is C#CC1C2CC2C2C(C)C12C. The van der Waals surface area contributed by atoms with Gasteiger partial charge in [0.05, 0.1) is 0 Å². The summed E-state index contributed by atoms with van der Waals surface area (Å²) in [6.07, 6.45) is 7.01. The molecule has 58 valence electrons. The predicted molar refractivity (Wildman–Crippen MR) is 44.7 cm³/mol. The Labute approximate surface area is 68.4 Å². The summed E-state index contributed by atoms with van der Waals surface area (Å²) in [6.45, 7) is 4.78. The van der Waals surface area contributed by atoms with Crippen LogP contribution < -0.4 is 0 Å². The second-order valence-electron chi connectivity index (χ2n) is 4.89. The third kappa shape index (κ3) is 0.432. The van der Waals surface area contributed by atoms with Crippen molar-refractivity contribution in [2.75, 3.05) is 0 Å². The summed E-state index contributed by atoms with van der Waals surface area (Å²) in [5.74, 6) is 7.56. The maximum absolute atomic E-state index is 5.57. The number of terminal acetylenes is 1. The van der Waals surface area contributed by atoms with Crippen LogP contribution in [0.3, 0.4) is 0 Å². The van der Waals surface area contributed by atoms with Crippen molar-refractivity contribution >= 4 is 0 Å². The number of hydrogen-bond acceptors (Lipinski definition) is 0. The van der Waals surface area contributed by atoms with Gasteiger partial charge in [-0.1, -0.05) is 13.8 Å². The summed E-state index contributed by atoms with van der Waals surface area (Å²) in [5.41, 5.74) is 0.572. The molecule has 0 spiro atoms. The van der Waals surface area contributed by atoms with E-state index in [4.69, 9.17) is 6.42 Å². The van der Waals surface area contributed by atoms with Crippen molar-refractivity contribution in [3.05, 3.63) is 0 Å². The molecule has 11 heavy (non-hydrogen) atoms. The van der Waals surface area contributed by atoms with Gasteiger partial charge in [-0.25, -0.2) is 0 Å². The zero-order valence-corrected chi connectivity index (χ0v) is 7.17. The Kier molecular flexibility index (Phi) is 0.765. The van der Waals surface area contributed by atoms with Gasteiger partial charge >= 0.3 is 0 Å². The number of hydrogen-bond donors (Lipinski definition) is 0. The first kappa shape index (κ1) is 6.12. The van der Waals surface area contributed by atoms with Gasteiger partial charge in [0.1, 0.15) is 0 Å². The highest BCUT2D eigenvalue weighted by molar-refractivity contribution is 5.30. The molecule has 0 heteroatoms. The standard InChI is InChI=1S/C11H14/c1-4-9-7-5-8(7)10-6(2)11(9,10)3/h1,6-10H,5H2,2-3H3. The van der Waals surface area contributed by atoms with Gasteiger partial charge in [-0.2, -0.15) is 0 Å². The average molecular weight is 146 g/mol. The van der Waals surface area contributed by atoms with Gasteiger partial charge in [0, 0.05) is 5.92 Å². The van der Waals surface area contributed by atoms with Crippen LogP contribution in [0.25, 0.3) is 0 Å². The molecule has 0 aromatic rings. The largest absolute Gasteiger partial charge is 0.120 e. The van der Waals surface area contributed by atoms with Crippen LogP contribution in [0.4, 0.5) is 0 Å². The molecule has 3 aliphatic rings. The molecule has 6 unspecified atom stereocenters. The van der Waals surface area contributed by atoms with Crippen LogP contribution in [0.15, 0.2) is 0 Å². The zero-order valence-electron chi connectivity index (χ0n) is 7.17. The molecule has 3 aliphatic carbocycles. The lowest BCUT2D eigenvalue weighted by Crippen LogP contribution is -2.12. The van der Waals surface area contributed by atoms with Crippen molar-refractivity contribution < 1.29 is 0 Å². The third-order valence-electron chi connectivity index (χ3n) is 4.76. The molecular formula is C11H14. The number of fused-ring (bicyclic) bond motifs is 3. The van der Waals surface area contributed by atoms with E-state index in [0.29, 0.717) is 11.3 Å². The fourth-order valence-corrected chi connectivity index (χ4v) is 3.91. The summed E-state index contributed by atoms with van der Waals surface area (Å²) in [4.78, 5) is 0. The van der Waals surface area contributed by atoms with Crippen molar-refractivity contribution in [2.45, 2.75) is 20.3 Å². The molecule has 0 aromatic carbocycles. The molecule has 0 aromatic heterocycles. The predicted octanol–water partition coefficient (Wildman–Crippen LogP) is 2.16. The summed E-state index contributed by atoms with van der Waals surface area (Å²) in [5, 5.41) is 0. The third-order valence-corrected chi connectivity index (χ3v) is 4.76. The highest BCUT2D eigenvalue weighted by Gasteiger charge is 2.77. The molecule has 3 saturated carbocycles. The first-order valence-corrected chi connectivity index (χ1v) is 4.67. The minimum Gasteiger partial charge on any atom is -0.120 e. The van der Waals surface area contributed by atoms with E-state index < -0.39 is 0 Å². The topological polar surface area (TPSA) is 0 Å². The second kappa shape index (κ2) is 1.38. The van der Waals surface area contributed by atoms with Gasteiger partial charge in [-0.05, 0) is 35.5 Å². The highest BCUT2D eigenvalue weighted by Crippen LogP contribution is 2.81. The molecule has 0 amide bonds. The van der Waals surface area contributed by atoms with E-state index in [1.54, 1.807) is 0 Å². The summed E-state index contributed by atoms with van der Waals surface area (Å²) < 4.78 is 0. The van der Waals surface area contributed by atoms with Crippen LogP contribution in [-0.4, -0.2) is 0 Å². The Balaban J connectivity index is 2.01. The van der Waals surface area contributed by atoms with Crippen molar-refractivity contribution in [2.24, 2.45) is 35.0 Å². The van der Waals surface area contributed by atoms with E-state index in [0.717, 1.165) is 23.7 Å². The summed E-state index contributed by atoms with van der Waals surface area (Å²) in [7, 11) is 0. The van der Waals surface area contributed by atoms with Gasteiger partial charge < -0.3 is 0 Å². The van der Waals surface area contributed by atoms with Crippen molar-refractivity contribution in [3.8, 4) is 12.3 Å². The average Bonchev–Trinajstić information content (AvgIpc) is 2.77. The van der Waals surface area contributed by atoms with Gasteiger partial charge in [0.15, 0.2) is 0 Å².